The van der Waals surface area contributed by atoms with E-state index < -0.39 is 0 Å². The summed E-state index contributed by atoms with van der Waals surface area (Å²) in [4.78, 5) is 16.7. The highest BCUT2D eigenvalue weighted by atomic mass is 16.6. The quantitative estimate of drug-likeness (QED) is 0.824. The van der Waals surface area contributed by atoms with E-state index in [1.54, 1.807) is 0 Å². The average molecular weight is 360 g/mol. The standard InChI is InChI=1S/C20H28N2O4/c1-15(2)22-13-20(14-24-11-19(22)23)5-6-21(12-20)10-16-3-4-17-18(9-16)26-8-7-25-17/h3-4,9,15H,5-8,10-14H2,1-2H3. The molecule has 3 heterocycles. The first-order valence-electron chi connectivity index (χ1n) is 9.53. The molecule has 142 valence electrons. The molecule has 1 amide bonds. The summed E-state index contributed by atoms with van der Waals surface area (Å²) in [5.41, 5.74) is 1.28. The molecule has 0 saturated carbocycles. The van der Waals surface area contributed by atoms with Gasteiger partial charge in [-0.15, -0.1) is 0 Å². The van der Waals surface area contributed by atoms with Crippen LogP contribution in [0, 0.1) is 5.41 Å². The fraction of sp³-hybridized carbons (Fsp3) is 0.650. The Labute approximate surface area is 155 Å². The van der Waals surface area contributed by atoms with Crippen LogP contribution in [0.3, 0.4) is 0 Å². The summed E-state index contributed by atoms with van der Waals surface area (Å²) >= 11 is 0. The maximum absolute atomic E-state index is 12.3. The van der Waals surface area contributed by atoms with Crippen molar-refractivity contribution in [2.24, 2.45) is 5.41 Å². The van der Waals surface area contributed by atoms with Crippen LogP contribution in [0.4, 0.5) is 0 Å². The Hall–Kier alpha value is -1.79. The number of fused-ring (bicyclic) bond motifs is 1. The minimum absolute atomic E-state index is 0.0459. The predicted molar refractivity (Wildman–Crippen MR) is 97.4 cm³/mol. The number of hydrogen-bond acceptors (Lipinski definition) is 5. The van der Waals surface area contributed by atoms with Crippen LogP contribution in [0.2, 0.25) is 0 Å². The van der Waals surface area contributed by atoms with Crippen molar-refractivity contribution in [1.82, 2.24) is 9.80 Å². The molecule has 0 bridgehead atoms. The third-order valence-corrected chi connectivity index (χ3v) is 5.61. The lowest BCUT2D eigenvalue weighted by Gasteiger charge is -2.34. The van der Waals surface area contributed by atoms with Gasteiger partial charge in [0.15, 0.2) is 11.5 Å². The zero-order valence-corrected chi connectivity index (χ0v) is 15.7. The number of likely N-dealkylation sites (tertiary alicyclic amines) is 1. The maximum atomic E-state index is 12.3. The average Bonchev–Trinajstić information content (AvgIpc) is 2.93. The van der Waals surface area contributed by atoms with Gasteiger partial charge in [-0.2, -0.15) is 0 Å². The Balaban J connectivity index is 1.44. The Morgan fingerprint density at radius 1 is 1.15 bits per heavy atom. The van der Waals surface area contributed by atoms with Crippen LogP contribution in [0.1, 0.15) is 25.8 Å². The number of hydrogen-bond donors (Lipinski definition) is 0. The molecule has 1 unspecified atom stereocenters. The summed E-state index contributed by atoms with van der Waals surface area (Å²) in [7, 11) is 0. The smallest absolute Gasteiger partial charge is 0.248 e. The number of benzene rings is 1. The van der Waals surface area contributed by atoms with Crippen LogP contribution < -0.4 is 9.47 Å². The van der Waals surface area contributed by atoms with Crippen molar-refractivity contribution in [3.05, 3.63) is 23.8 Å². The Kier molecular flexibility index (Phi) is 4.80. The van der Waals surface area contributed by atoms with Crippen molar-refractivity contribution >= 4 is 5.91 Å². The molecular formula is C20H28N2O4. The molecule has 0 N–H and O–H groups in total. The topological polar surface area (TPSA) is 51.2 Å². The number of ether oxygens (including phenoxy) is 3. The number of carbonyl (C=O) groups excluding carboxylic acids is 1. The van der Waals surface area contributed by atoms with E-state index >= 15 is 0 Å². The lowest BCUT2D eigenvalue weighted by molar-refractivity contribution is -0.135. The second-order valence-electron chi connectivity index (χ2n) is 8.05. The van der Waals surface area contributed by atoms with Crippen LogP contribution in [-0.4, -0.2) is 67.8 Å². The largest absolute Gasteiger partial charge is 0.486 e. The molecule has 4 rings (SSSR count). The number of rotatable bonds is 3. The molecule has 1 spiro atoms. The van der Waals surface area contributed by atoms with E-state index in [4.69, 9.17) is 14.2 Å². The number of nitrogens with zero attached hydrogens (tertiary/aromatic N) is 2. The molecule has 0 aromatic heterocycles. The molecule has 1 aromatic rings. The Morgan fingerprint density at radius 2 is 1.96 bits per heavy atom. The molecule has 3 aliphatic rings. The molecule has 3 aliphatic heterocycles. The van der Waals surface area contributed by atoms with Gasteiger partial charge in [-0.25, -0.2) is 0 Å². The molecule has 1 atom stereocenters. The van der Waals surface area contributed by atoms with Gasteiger partial charge in [0.05, 0.1) is 6.61 Å². The second-order valence-corrected chi connectivity index (χ2v) is 8.05. The highest BCUT2D eigenvalue weighted by Crippen LogP contribution is 2.36. The van der Waals surface area contributed by atoms with Gasteiger partial charge in [0, 0.05) is 31.1 Å². The summed E-state index contributed by atoms with van der Waals surface area (Å²) in [5, 5.41) is 0. The molecule has 0 aliphatic carbocycles. The monoisotopic (exact) mass is 360 g/mol. The summed E-state index contributed by atoms with van der Waals surface area (Å²) in [6, 6.07) is 6.43. The third-order valence-electron chi connectivity index (χ3n) is 5.61. The van der Waals surface area contributed by atoms with Crippen molar-refractivity contribution in [1.29, 1.82) is 0 Å². The Morgan fingerprint density at radius 3 is 2.77 bits per heavy atom. The summed E-state index contributed by atoms with van der Waals surface area (Å²) in [6.07, 6.45) is 1.06. The molecular weight excluding hydrogens is 332 g/mol. The lowest BCUT2D eigenvalue weighted by Crippen LogP contribution is -2.45. The summed E-state index contributed by atoms with van der Waals surface area (Å²) < 4.78 is 17.0. The van der Waals surface area contributed by atoms with Gasteiger partial charge < -0.3 is 19.1 Å². The van der Waals surface area contributed by atoms with Crippen LogP contribution in [0.25, 0.3) is 0 Å². The van der Waals surface area contributed by atoms with Crippen molar-refractivity contribution in [2.45, 2.75) is 32.9 Å². The molecule has 2 fully saturated rings. The normalized spacial score (nSPS) is 26.6. The number of carbonyl (C=O) groups is 1. The van der Waals surface area contributed by atoms with E-state index in [1.165, 1.54) is 5.56 Å². The van der Waals surface area contributed by atoms with Crippen LogP contribution in [0.5, 0.6) is 11.5 Å². The van der Waals surface area contributed by atoms with Gasteiger partial charge in [-0.05, 0) is 44.5 Å². The third kappa shape index (κ3) is 3.53. The van der Waals surface area contributed by atoms with Gasteiger partial charge in [0.25, 0.3) is 0 Å². The first-order valence-corrected chi connectivity index (χ1v) is 9.53. The Bertz CT molecular complexity index is 678. The van der Waals surface area contributed by atoms with E-state index in [0.29, 0.717) is 19.8 Å². The zero-order valence-electron chi connectivity index (χ0n) is 15.7. The molecule has 1 aromatic carbocycles. The van der Waals surface area contributed by atoms with E-state index in [2.05, 4.69) is 30.9 Å². The molecule has 26 heavy (non-hydrogen) atoms. The zero-order chi connectivity index (χ0) is 18.1. The lowest BCUT2D eigenvalue weighted by atomic mass is 9.87. The van der Waals surface area contributed by atoms with Crippen molar-refractivity contribution in [3.8, 4) is 11.5 Å². The van der Waals surface area contributed by atoms with Crippen molar-refractivity contribution < 1.29 is 19.0 Å². The van der Waals surface area contributed by atoms with Gasteiger partial charge in [0.1, 0.15) is 19.8 Å². The van der Waals surface area contributed by atoms with Gasteiger partial charge in [-0.3, -0.25) is 9.69 Å². The van der Waals surface area contributed by atoms with Gasteiger partial charge in [0.2, 0.25) is 5.91 Å². The van der Waals surface area contributed by atoms with Crippen LogP contribution in [0.15, 0.2) is 18.2 Å². The SMILES string of the molecule is CC(C)N1CC2(CCN(Cc3ccc4c(c3)OCCO4)C2)COCC1=O. The second kappa shape index (κ2) is 7.08. The minimum Gasteiger partial charge on any atom is -0.486 e. The van der Waals surface area contributed by atoms with E-state index in [0.717, 1.165) is 44.1 Å². The molecule has 6 nitrogen and oxygen atoms in total. The fourth-order valence-electron chi connectivity index (χ4n) is 4.26. The minimum atomic E-state index is 0.0459. The number of amides is 1. The first-order chi connectivity index (χ1) is 12.5. The predicted octanol–water partition coefficient (Wildman–Crippen LogP) is 1.92. The summed E-state index contributed by atoms with van der Waals surface area (Å²) in [6.45, 7) is 9.93. The first kappa shape index (κ1) is 17.6. The molecule has 2 saturated heterocycles. The van der Waals surface area contributed by atoms with E-state index in [-0.39, 0.29) is 24.0 Å². The van der Waals surface area contributed by atoms with E-state index in [9.17, 15) is 4.79 Å². The van der Waals surface area contributed by atoms with Crippen LogP contribution in [-0.2, 0) is 16.1 Å². The van der Waals surface area contributed by atoms with Crippen molar-refractivity contribution in [2.75, 3.05) is 46.1 Å². The van der Waals surface area contributed by atoms with Gasteiger partial charge >= 0.3 is 0 Å². The molecule has 0 radical (unpaired) electrons. The van der Waals surface area contributed by atoms with Gasteiger partial charge in [-0.1, -0.05) is 6.07 Å². The highest BCUT2D eigenvalue weighted by Gasteiger charge is 2.43. The maximum Gasteiger partial charge on any atom is 0.248 e. The highest BCUT2D eigenvalue weighted by molar-refractivity contribution is 5.78. The fourth-order valence-corrected chi connectivity index (χ4v) is 4.26. The van der Waals surface area contributed by atoms with E-state index in [1.807, 2.05) is 11.0 Å². The molecule has 6 heteroatoms. The van der Waals surface area contributed by atoms with Crippen molar-refractivity contribution in [3.63, 3.8) is 0 Å². The summed E-state index contributed by atoms with van der Waals surface area (Å²) in [5.74, 6) is 1.79. The van der Waals surface area contributed by atoms with Crippen LogP contribution >= 0.6 is 0 Å².